The van der Waals surface area contributed by atoms with Crippen LogP contribution in [0, 0.1) is 5.92 Å². The molecule has 1 unspecified atom stereocenters. The SMILES string of the molecule is CC(C)C(C)(NC1CCCCC1)C(N)=O. The molecule has 1 fully saturated rings. The van der Waals surface area contributed by atoms with Gasteiger partial charge in [-0.25, -0.2) is 0 Å². The van der Waals surface area contributed by atoms with Crippen LogP contribution in [-0.2, 0) is 4.79 Å². The highest BCUT2D eigenvalue weighted by Crippen LogP contribution is 2.23. The maximum Gasteiger partial charge on any atom is 0.237 e. The van der Waals surface area contributed by atoms with Crippen molar-refractivity contribution < 1.29 is 4.79 Å². The Hall–Kier alpha value is -0.570. The number of nitrogens with two attached hydrogens (primary N) is 1. The highest BCUT2D eigenvalue weighted by atomic mass is 16.1. The Morgan fingerprint density at radius 3 is 2.27 bits per heavy atom. The van der Waals surface area contributed by atoms with E-state index in [0.29, 0.717) is 6.04 Å². The Morgan fingerprint density at radius 1 is 1.33 bits per heavy atom. The number of primary amides is 1. The normalized spacial score (nSPS) is 22.7. The monoisotopic (exact) mass is 212 g/mol. The van der Waals surface area contributed by atoms with Crippen molar-refractivity contribution >= 4 is 5.91 Å². The molecule has 15 heavy (non-hydrogen) atoms. The summed E-state index contributed by atoms with van der Waals surface area (Å²) in [6.45, 7) is 6.01. The topological polar surface area (TPSA) is 55.1 Å². The highest BCUT2D eigenvalue weighted by Gasteiger charge is 2.36. The third kappa shape index (κ3) is 2.94. The molecular weight excluding hydrogens is 188 g/mol. The van der Waals surface area contributed by atoms with Crippen molar-refractivity contribution in [3.8, 4) is 0 Å². The molecule has 3 nitrogen and oxygen atoms in total. The van der Waals surface area contributed by atoms with Crippen molar-refractivity contribution in [3.05, 3.63) is 0 Å². The molecule has 0 saturated heterocycles. The summed E-state index contributed by atoms with van der Waals surface area (Å²) in [5, 5.41) is 3.46. The molecule has 1 saturated carbocycles. The van der Waals surface area contributed by atoms with Crippen LogP contribution in [0.1, 0.15) is 52.9 Å². The van der Waals surface area contributed by atoms with E-state index in [-0.39, 0.29) is 11.8 Å². The molecule has 88 valence electrons. The summed E-state index contributed by atoms with van der Waals surface area (Å²) in [6.07, 6.45) is 6.22. The van der Waals surface area contributed by atoms with E-state index < -0.39 is 5.54 Å². The van der Waals surface area contributed by atoms with Gasteiger partial charge in [-0.3, -0.25) is 4.79 Å². The third-order valence-corrected chi connectivity index (χ3v) is 3.78. The van der Waals surface area contributed by atoms with Gasteiger partial charge in [-0.2, -0.15) is 0 Å². The van der Waals surface area contributed by atoms with E-state index in [2.05, 4.69) is 5.32 Å². The van der Waals surface area contributed by atoms with Gasteiger partial charge in [0.05, 0.1) is 5.54 Å². The second-order valence-corrected chi connectivity index (χ2v) is 5.20. The quantitative estimate of drug-likeness (QED) is 0.746. The number of hydrogen-bond donors (Lipinski definition) is 2. The fourth-order valence-corrected chi connectivity index (χ4v) is 2.19. The molecule has 0 bridgehead atoms. The predicted molar refractivity (Wildman–Crippen MR) is 62.4 cm³/mol. The van der Waals surface area contributed by atoms with E-state index in [0.717, 1.165) is 0 Å². The Balaban J connectivity index is 2.61. The van der Waals surface area contributed by atoms with Gasteiger partial charge in [0, 0.05) is 6.04 Å². The Bertz CT molecular complexity index is 222. The van der Waals surface area contributed by atoms with E-state index in [1.54, 1.807) is 0 Å². The second kappa shape index (κ2) is 4.97. The second-order valence-electron chi connectivity index (χ2n) is 5.20. The smallest absolute Gasteiger partial charge is 0.237 e. The lowest BCUT2D eigenvalue weighted by atomic mass is 9.84. The van der Waals surface area contributed by atoms with Crippen molar-refractivity contribution in [2.45, 2.75) is 64.5 Å². The van der Waals surface area contributed by atoms with Gasteiger partial charge in [0.25, 0.3) is 0 Å². The predicted octanol–water partition coefficient (Wildman–Crippen LogP) is 1.81. The van der Waals surface area contributed by atoms with Gasteiger partial charge in [0.15, 0.2) is 0 Å². The first-order valence-electron chi connectivity index (χ1n) is 6.04. The van der Waals surface area contributed by atoms with Gasteiger partial charge in [-0.15, -0.1) is 0 Å². The molecule has 1 amide bonds. The summed E-state index contributed by atoms with van der Waals surface area (Å²) >= 11 is 0. The van der Waals surface area contributed by atoms with Crippen LogP contribution in [0.5, 0.6) is 0 Å². The van der Waals surface area contributed by atoms with Gasteiger partial charge < -0.3 is 11.1 Å². The highest BCUT2D eigenvalue weighted by molar-refractivity contribution is 5.84. The molecular formula is C12H24N2O. The molecule has 1 atom stereocenters. The summed E-state index contributed by atoms with van der Waals surface area (Å²) in [5.41, 5.74) is 4.93. The largest absolute Gasteiger partial charge is 0.368 e. The zero-order valence-corrected chi connectivity index (χ0v) is 10.2. The fraction of sp³-hybridized carbons (Fsp3) is 0.917. The first-order chi connectivity index (χ1) is 6.97. The average molecular weight is 212 g/mol. The standard InChI is InChI=1S/C12H24N2O/c1-9(2)12(3,11(13)15)14-10-7-5-4-6-8-10/h9-10,14H,4-8H2,1-3H3,(H2,13,15). The Labute approximate surface area is 92.8 Å². The minimum Gasteiger partial charge on any atom is -0.368 e. The molecule has 0 aromatic heterocycles. The lowest BCUT2D eigenvalue weighted by molar-refractivity contribution is -0.126. The van der Waals surface area contributed by atoms with Crippen LogP contribution in [0.25, 0.3) is 0 Å². The number of carbonyl (C=O) groups excluding carboxylic acids is 1. The van der Waals surface area contributed by atoms with Crippen LogP contribution < -0.4 is 11.1 Å². The summed E-state index contributed by atoms with van der Waals surface area (Å²) in [7, 11) is 0. The van der Waals surface area contributed by atoms with Crippen LogP contribution in [0.3, 0.4) is 0 Å². The summed E-state index contributed by atoms with van der Waals surface area (Å²) in [4.78, 5) is 11.5. The van der Waals surface area contributed by atoms with Crippen molar-refractivity contribution in [2.75, 3.05) is 0 Å². The van der Waals surface area contributed by atoms with Crippen molar-refractivity contribution in [2.24, 2.45) is 11.7 Å². The molecule has 0 aliphatic heterocycles. The van der Waals surface area contributed by atoms with E-state index in [1.807, 2.05) is 20.8 Å². The molecule has 0 spiro atoms. The van der Waals surface area contributed by atoms with Crippen LogP contribution in [0.2, 0.25) is 0 Å². The molecule has 0 aromatic carbocycles. The molecule has 0 aromatic rings. The van der Waals surface area contributed by atoms with Gasteiger partial charge >= 0.3 is 0 Å². The molecule has 3 N–H and O–H groups in total. The minimum absolute atomic E-state index is 0.233. The fourth-order valence-electron chi connectivity index (χ4n) is 2.19. The van der Waals surface area contributed by atoms with Crippen LogP contribution in [0.15, 0.2) is 0 Å². The summed E-state index contributed by atoms with van der Waals surface area (Å²) in [6, 6.07) is 0.471. The lowest BCUT2D eigenvalue weighted by Gasteiger charge is -2.37. The molecule has 1 rings (SSSR count). The van der Waals surface area contributed by atoms with Crippen molar-refractivity contribution in [3.63, 3.8) is 0 Å². The first-order valence-corrected chi connectivity index (χ1v) is 6.04. The molecule has 0 heterocycles. The van der Waals surface area contributed by atoms with Gasteiger partial charge in [-0.05, 0) is 25.7 Å². The third-order valence-electron chi connectivity index (χ3n) is 3.78. The number of nitrogens with one attached hydrogen (secondary N) is 1. The van der Waals surface area contributed by atoms with E-state index >= 15 is 0 Å². The zero-order valence-electron chi connectivity index (χ0n) is 10.2. The number of hydrogen-bond acceptors (Lipinski definition) is 2. The first kappa shape index (κ1) is 12.5. The molecule has 3 heteroatoms. The van der Waals surface area contributed by atoms with Crippen molar-refractivity contribution in [1.82, 2.24) is 5.32 Å². The number of amides is 1. The average Bonchev–Trinajstić information content (AvgIpc) is 2.18. The van der Waals surface area contributed by atoms with Crippen LogP contribution >= 0.6 is 0 Å². The van der Waals surface area contributed by atoms with E-state index in [9.17, 15) is 4.79 Å². The van der Waals surface area contributed by atoms with Gasteiger partial charge in [-0.1, -0.05) is 33.1 Å². The number of rotatable bonds is 4. The van der Waals surface area contributed by atoms with Gasteiger partial charge in [0.1, 0.15) is 0 Å². The molecule has 1 aliphatic rings. The molecule has 1 aliphatic carbocycles. The maximum atomic E-state index is 11.5. The zero-order chi connectivity index (χ0) is 11.5. The van der Waals surface area contributed by atoms with E-state index in [4.69, 9.17) is 5.73 Å². The van der Waals surface area contributed by atoms with Gasteiger partial charge in [0.2, 0.25) is 5.91 Å². The summed E-state index contributed by atoms with van der Waals surface area (Å²) < 4.78 is 0. The Morgan fingerprint density at radius 2 is 1.87 bits per heavy atom. The van der Waals surface area contributed by atoms with Crippen molar-refractivity contribution in [1.29, 1.82) is 0 Å². The van der Waals surface area contributed by atoms with Crippen LogP contribution in [0.4, 0.5) is 0 Å². The molecule has 0 radical (unpaired) electrons. The lowest BCUT2D eigenvalue weighted by Crippen LogP contribution is -2.60. The van der Waals surface area contributed by atoms with E-state index in [1.165, 1.54) is 32.1 Å². The van der Waals surface area contributed by atoms with Crippen LogP contribution in [-0.4, -0.2) is 17.5 Å². The summed E-state index contributed by atoms with van der Waals surface area (Å²) in [5.74, 6) is -0.000000000000000222. The Kier molecular flexibility index (Phi) is 4.14. The maximum absolute atomic E-state index is 11.5. The number of carbonyl (C=O) groups is 1. The minimum atomic E-state index is -0.554.